The Kier molecular flexibility index (Phi) is 5.53. The van der Waals surface area contributed by atoms with Crippen LogP contribution in [0.25, 0.3) is 0 Å². The molecule has 23 heavy (non-hydrogen) atoms. The van der Waals surface area contributed by atoms with Crippen molar-refractivity contribution >= 4 is 17.7 Å². The maximum atomic E-state index is 12.3. The highest BCUT2D eigenvalue weighted by molar-refractivity contribution is 6.05. The van der Waals surface area contributed by atoms with Crippen LogP contribution in [0.5, 0.6) is 0 Å². The van der Waals surface area contributed by atoms with Gasteiger partial charge in [-0.25, -0.2) is 0 Å². The third-order valence-electron chi connectivity index (χ3n) is 4.36. The van der Waals surface area contributed by atoms with Crippen LogP contribution in [0.1, 0.15) is 43.7 Å². The van der Waals surface area contributed by atoms with Crippen molar-refractivity contribution in [3.63, 3.8) is 0 Å². The van der Waals surface area contributed by atoms with Gasteiger partial charge in [0.25, 0.3) is 0 Å². The molecule has 1 saturated carbocycles. The topological polar surface area (TPSA) is 80.7 Å². The Hall–Kier alpha value is -2.17. The van der Waals surface area contributed by atoms with E-state index < -0.39 is 17.4 Å². The van der Waals surface area contributed by atoms with Crippen molar-refractivity contribution in [3.05, 3.63) is 35.4 Å². The van der Waals surface area contributed by atoms with E-state index in [2.05, 4.69) is 0 Å². The maximum absolute atomic E-state index is 12.3. The molecule has 0 spiro atoms. The van der Waals surface area contributed by atoms with Crippen molar-refractivity contribution in [2.24, 2.45) is 5.41 Å². The molecule has 0 aromatic heterocycles. The first-order chi connectivity index (χ1) is 11.0. The first kappa shape index (κ1) is 17.2. The summed E-state index contributed by atoms with van der Waals surface area (Å²) in [5.74, 6) is -1.28. The van der Waals surface area contributed by atoms with Crippen LogP contribution in [0.2, 0.25) is 0 Å². The minimum Gasteiger partial charge on any atom is -0.481 e. The molecule has 0 saturated heterocycles. The molecule has 1 atom stereocenters. The van der Waals surface area contributed by atoms with Gasteiger partial charge < -0.3 is 9.84 Å². The molecular weight excluding hydrogens is 296 g/mol. The molecule has 0 heterocycles. The van der Waals surface area contributed by atoms with E-state index in [1.165, 1.54) is 0 Å². The number of hydrogen-bond acceptors (Lipinski definition) is 4. The Morgan fingerprint density at radius 3 is 2.39 bits per heavy atom. The second-order valence-corrected chi connectivity index (χ2v) is 5.97. The summed E-state index contributed by atoms with van der Waals surface area (Å²) in [5, 5.41) is 8.70. The van der Waals surface area contributed by atoms with Crippen molar-refractivity contribution < 1.29 is 24.2 Å². The summed E-state index contributed by atoms with van der Waals surface area (Å²) in [6.45, 7) is 2.00. The summed E-state index contributed by atoms with van der Waals surface area (Å²) in [4.78, 5) is 35.2. The lowest BCUT2D eigenvalue weighted by molar-refractivity contribution is -0.158. The summed E-state index contributed by atoms with van der Waals surface area (Å²) in [6, 6.07) is 7.45. The molecular formula is C18H22O5. The SMILES string of the molecule is CCOC(=O)C1(Cc2ccc(CCC(=O)O)cc2)CCCC1=O. The molecule has 5 heteroatoms. The zero-order valence-electron chi connectivity index (χ0n) is 13.3. The number of carboxylic acid groups (broad SMARTS) is 1. The molecule has 2 rings (SSSR count). The predicted molar refractivity (Wildman–Crippen MR) is 84.0 cm³/mol. The minimum absolute atomic E-state index is 0.0362. The van der Waals surface area contributed by atoms with Gasteiger partial charge in [0.05, 0.1) is 6.61 Å². The summed E-state index contributed by atoms with van der Waals surface area (Å²) >= 11 is 0. The summed E-state index contributed by atoms with van der Waals surface area (Å²) in [5.41, 5.74) is 0.782. The number of carboxylic acids is 1. The number of carbonyl (C=O) groups is 3. The molecule has 0 amide bonds. The molecule has 1 aliphatic rings. The Labute approximate surface area is 135 Å². The lowest BCUT2D eigenvalue weighted by Gasteiger charge is -2.25. The number of aryl methyl sites for hydroxylation is 1. The van der Waals surface area contributed by atoms with E-state index in [1.54, 1.807) is 6.92 Å². The first-order valence-electron chi connectivity index (χ1n) is 7.98. The van der Waals surface area contributed by atoms with Gasteiger partial charge in [0, 0.05) is 12.8 Å². The molecule has 0 radical (unpaired) electrons. The van der Waals surface area contributed by atoms with E-state index in [4.69, 9.17) is 9.84 Å². The molecule has 1 aromatic carbocycles. The van der Waals surface area contributed by atoms with Crippen molar-refractivity contribution in [2.75, 3.05) is 6.61 Å². The number of benzene rings is 1. The predicted octanol–water partition coefficient (Wildman–Crippen LogP) is 2.55. The standard InChI is InChI=1S/C18H22O5/c1-2-23-17(22)18(11-3-4-15(18)19)12-14-7-5-13(6-8-14)9-10-16(20)21/h5-8H,2-4,9-12H2,1H3,(H,20,21). The number of rotatable bonds is 7. The largest absolute Gasteiger partial charge is 0.481 e. The van der Waals surface area contributed by atoms with Crippen molar-refractivity contribution in [3.8, 4) is 0 Å². The lowest BCUT2D eigenvalue weighted by Crippen LogP contribution is -2.39. The quantitative estimate of drug-likeness (QED) is 0.617. The van der Waals surface area contributed by atoms with Gasteiger partial charge in [0.15, 0.2) is 5.78 Å². The lowest BCUT2D eigenvalue weighted by atomic mass is 9.79. The molecule has 0 aliphatic heterocycles. The van der Waals surface area contributed by atoms with Crippen LogP contribution in [0, 0.1) is 5.41 Å². The van der Waals surface area contributed by atoms with Gasteiger partial charge in [-0.1, -0.05) is 24.3 Å². The number of hydrogen-bond donors (Lipinski definition) is 1. The fourth-order valence-electron chi connectivity index (χ4n) is 3.10. The second kappa shape index (κ2) is 7.40. The molecule has 1 unspecified atom stereocenters. The van der Waals surface area contributed by atoms with Gasteiger partial charge in [-0.2, -0.15) is 0 Å². The fraction of sp³-hybridized carbons (Fsp3) is 0.500. The van der Waals surface area contributed by atoms with E-state index in [0.717, 1.165) is 11.1 Å². The number of aliphatic carboxylic acids is 1. The molecule has 1 aliphatic carbocycles. The highest BCUT2D eigenvalue weighted by Crippen LogP contribution is 2.39. The van der Waals surface area contributed by atoms with Gasteiger partial charge in [-0.3, -0.25) is 14.4 Å². The Morgan fingerprint density at radius 2 is 1.87 bits per heavy atom. The van der Waals surface area contributed by atoms with Crippen molar-refractivity contribution in [1.29, 1.82) is 0 Å². The van der Waals surface area contributed by atoms with Crippen LogP contribution >= 0.6 is 0 Å². The van der Waals surface area contributed by atoms with Gasteiger partial charge >= 0.3 is 11.9 Å². The number of ether oxygens (including phenoxy) is 1. The fourth-order valence-corrected chi connectivity index (χ4v) is 3.10. The van der Waals surface area contributed by atoms with E-state index in [0.29, 0.717) is 32.1 Å². The smallest absolute Gasteiger partial charge is 0.319 e. The number of carbonyl (C=O) groups excluding carboxylic acids is 2. The van der Waals surface area contributed by atoms with Crippen LogP contribution < -0.4 is 0 Å². The molecule has 5 nitrogen and oxygen atoms in total. The Balaban J connectivity index is 2.12. The molecule has 1 fully saturated rings. The molecule has 1 aromatic rings. The molecule has 1 N–H and O–H groups in total. The number of Topliss-reactive ketones (excluding diaryl/α,β-unsaturated/α-hetero) is 1. The first-order valence-corrected chi connectivity index (χ1v) is 7.98. The van der Waals surface area contributed by atoms with E-state index in [9.17, 15) is 14.4 Å². The van der Waals surface area contributed by atoms with Gasteiger partial charge in [0.1, 0.15) is 5.41 Å². The number of esters is 1. The van der Waals surface area contributed by atoms with Gasteiger partial charge in [0.2, 0.25) is 0 Å². The van der Waals surface area contributed by atoms with E-state index in [-0.39, 0.29) is 18.8 Å². The third-order valence-corrected chi connectivity index (χ3v) is 4.36. The van der Waals surface area contributed by atoms with Crippen molar-refractivity contribution in [2.45, 2.75) is 45.4 Å². The highest BCUT2D eigenvalue weighted by atomic mass is 16.5. The van der Waals surface area contributed by atoms with Gasteiger partial charge in [-0.05, 0) is 43.7 Å². The minimum atomic E-state index is -1.04. The van der Waals surface area contributed by atoms with Gasteiger partial charge in [-0.15, -0.1) is 0 Å². The average Bonchev–Trinajstić information content (AvgIpc) is 2.89. The Bertz CT molecular complexity index is 590. The normalized spacial score (nSPS) is 20.5. The van der Waals surface area contributed by atoms with Crippen LogP contribution in [-0.2, 0) is 32.0 Å². The van der Waals surface area contributed by atoms with Crippen molar-refractivity contribution in [1.82, 2.24) is 0 Å². The zero-order chi connectivity index (χ0) is 16.9. The second-order valence-electron chi connectivity index (χ2n) is 5.97. The summed E-state index contributed by atoms with van der Waals surface area (Å²) in [6.07, 6.45) is 2.58. The average molecular weight is 318 g/mol. The Morgan fingerprint density at radius 1 is 1.22 bits per heavy atom. The van der Waals surface area contributed by atoms with E-state index >= 15 is 0 Å². The van der Waals surface area contributed by atoms with Crippen LogP contribution in [-0.4, -0.2) is 29.4 Å². The zero-order valence-corrected chi connectivity index (χ0v) is 13.3. The summed E-state index contributed by atoms with van der Waals surface area (Å²) in [7, 11) is 0. The summed E-state index contributed by atoms with van der Waals surface area (Å²) < 4.78 is 5.14. The maximum Gasteiger partial charge on any atom is 0.319 e. The molecule has 124 valence electrons. The van der Waals surface area contributed by atoms with Crippen LogP contribution in [0.15, 0.2) is 24.3 Å². The van der Waals surface area contributed by atoms with Crippen LogP contribution in [0.3, 0.4) is 0 Å². The van der Waals surface area contributed by atoms with Crippen LogP contribution in [0.4, 0.5) is 0 Å². The van der Waals surface area contributed by atoms with E-state index in [1.807, 2.05) is 24.3 Å². The third kappa shape index (κ3) is 3.97. The highest BCUT2D eigenvalue weighted by Gasteiger charge is 2.49. The number of ketones is 1. The monoisotopic (exact) mass is 318 g/mol. The molecule has 0 bridgehead atoms.